The molecule has 1 saturated heterocycles. The van der Waals surface area contributed by atoms with Gasteiger partial charge in [0.05, 0.1) is 5.41 Å². The molecule has 0 spiro atoms. The standard InChI is InChI=1S/C25H44N2O5/c1-23(2,3)22(30)32-18-10-9-15-31-21(18)27(16-28)19(20(29)26-24(4,5)6)17-11-13-25(7,8)14-12-17/h16-19,21H,9-15H2,1-8H3,(H,26,29)/t18-,19?,21-/m0/s1. The molecule has 0 radical (unpaired) electrons. The molecule has 1 N–H and O–H groups in total. The monoisotopic (exact) mass is 452 g/mol. The molecule has 0 aromatic rings. The number of carbonyl (C=O) groups excluding carboxylic acids is 3. The number of hydrogen-bond acceptors (Lipinski definition) is 5. The first kappa shape index (κ1) is 26.6. The number of hydrogen-bond donors (Lipinski definition) is 1. The minimum Gasteiger partial charge on any atom is -0.457 e. The van der Waals surface area contributed by atoms with Gasteiger partial charge in [0.2, 0.25) is 12.3 Å². The van der Waals surface area contributed by atoms with Crippen LogP contribution in [0.1, 0.15) is 93.9 Å². The van der Waals surface area contributed by atoms with E-state index in [2.05, 4.69) is 19.2 Å². The molecule has 32 heavy (non-hydrogen) atoms. The zero-order chi connectivity index (χ0) is 24.3. The van der Waals surface area contributed by atoms with Crippen molar-refractivity contribution in [1.29, 1.82) is 0 Å². The third-order valence-electron chi connectivity index (χ3n) is 6.44. The molecule has 1 saturated carbocycles. The molecule has 0 aromatic carbocycles. The Balaban J connectivity index is 2.33. The summed E-state index contributed by atoms with van der Waals surface area (Å²) in [6.07, 6.45) is 4.40. The predicted octanol–water partition coefficient (Wildman–Crippen LogP) is 4.04. The van der Waals surface area contributed by atoms with Crippen molar-refractivity contribution in [2.75, 3.05) is 6.61 Å². The molecule has 1 aliphatic heterocycles. The molecule has 3 atom stereocenters. The number of esters is 1. The van der Waals surface area contributed by atoms with E-state index in [1.807, 2.05) is 20.8 Å². The van der Waals surface area contributed by atoms with Crippen LogP contribution in [-0.4, -0.2) is 53.7 Å². The van der Waals surface area contributed by atoms with Gasteiger partial charge in [0.1, 0.15) is 12.1 Å². The van der Waals surface area contributed by atoms with E-state index < -0.39 is 29.3 Å². The van der Waals surface area contributed by atoms with E-state index in [-0.39, 0.29) is 23.2 Å². The molecule has 0 bridgehead atoms. The first-order valence-corrected chi connectivity index (χ1v) is 12.0. The summed E-state index contributed by atoms with van der Waals surface area (Å²) in [6.45, 7) is 16.2. The SMILES string of the molecule is CC1(C)CCC(C(C(=O)NC(C)(C)C)N(C=O)[C@H]2OCCC[C@@H]2OC(=O)C(C)(C)C)CC1. The van der Waals surface area contributed by atoms with E-state index in [4.69, 9.17) is 9.47 Å². The summed E-state index contributed by atoms with van der Waals surface area (Å²) in [7, 11) is 0. The Labute approximate surface area is 194 Å². The maximum absolute atomic E-state index is 13.5. The second-order valence-corrected chi connectivity index (χ2v) is 12.3. The van der Waals surface area contributed by atoms with Gasteiger partial charge in [0.25, 0.3) is 0 Å². The minimum absolute atomic E-state index is 0.0278. The van der Waals surface area contributed by atoms with Gasteiger partial charge < -0.3 is 19.7 Å². The highest BCUT2D eigenvalue weighted by Gasteiger charge is 2.45. The van der Waals surface area contributed by atoms with Crippen LogP contribution in [0.3, 0.4) is 0 Å². The Morgan fingerprint density at radius 3 is 2.19 bits per heavy atom. The lowest BCUT2D eigenvalue weighted by Gasteiger charge is -2.45. The molecule has 7 nitrogen and oxygen atoms in total. The summed E-state index contributed by atoms with van der Waals surface area (Å²) >= 11 is 0. The average molecular weight is 453 g/mol. The fraction of sp³-hybridized carbons (Fsp3) is 0.880. The van der Waals surface area contributed by atoms with Gasteiger partial charge in [-0.05, 0) is 91.4 Å². The lowest BCUT2D eigenvalue weighted by atomic mass is 9.70. The molecule has 184 valence electrons. The first-order chi connectivity index (χ1) is 14.6. The van der Waals surface area contributed by atoms with Crippen molar-refractivity contribution in [3.63, 3.8) is 0 Å². The van der Waals surface area contributed by atoms with Crippen LogP contribution >= 0.6 is 0 Å². The van der Waals surface area contributed by atoms with Gasteiger partial charge in [-0.3, -0.25) is 14.4 Å². The molecule has 7 heteroatoms. The first-order valence-electron chi connectivity index (χ1n) is 12.0. The smallest absolute Gasteiger partial charge is 0.311 e. The number of carbonyl (C=O) groups is 3. The predicted molar refractivity (Wildman–Crippen MR) is 124 cm³/mol. The van der Waals surface area contributed by atoms with E-state index in [0.29, 0.717) is 19.4 Å². The van der Waals surface area contributed by atoms with E-state index in [1.165, 1.54) is 4.90 Å². The second-order valence-electron chi connectivity index (χ2n) is 12.3. The second kappa shape index (κ2) is 10.1. The number of nitrogens with zero attached hydrogens (tertiary/aromatic N) is 1. The summed E-state index contributed by atoms with van der Waals surface area (Å²) in [5.41, 5.74) is -0.852. The van der Waals surface area contributed by atoms with Crippen molar-refractivity contribution in [3.05, 3.63) is 0 Å². The van der Waals surface area contributed by atoms with Crippen LogP contribution in [0.4, 0.5) is 0 Å². The van der Waals surface area contributed by atoms with E-state index in [9.17, 15) is 14.4 Å². The van der Waals surface area contributed by atoms with Crippen LogP contribution in [-0.2, 0) is 23.9 Å². The largest absolute Gasteiger partial charge is 0.457 e. The van der Waals surface area contributed by atoms with Crippen molar-refractivity contribution in [3.8, 4) is 0 Å². The Bertz CT molecular complexity index is 667. The maximum atomic E-state index is 13.5. The van der Waals surface area contributed by atoms with Crippen molar-refractivity contribution < 1.29 is 23.9 Å². The summed E-state index contributed by atoms with van der Waals surface area (Å²) in [5, 5.41) is 3.07. The molecule has 1 aliphatic carbocycles. The molecular weight excluding hydrogens is 408 g/mol. The van der Waals surface area contributed by atoms with Crippen LogP contribution in [0, 0.1) is 16.7 Å². The zero-order valence-electron chi connectivity index (χ0n) is 21.3. The Hall–Kier alpha value is -1.63. The van der Waals surface area contributed by atoms with Crippen LogP contribution in [0.2, 0.25) is 0 Å². The summed E-state index contributed by atoms with van der Waals surface area (Å²) in [5.74, 6) is -0.483. The van der Waals surface area contributed by atoms with Gasteiger partial charge in [-0.25, -0.2) is 0 Å². The number of ether oxygens (including phenoxy) is 2. The molecule has 2 fully saturated rings. The molecule has 1 unspecified atom stereocenters. The highest BCUT2D eigenvalue weighted by Crippen LogP contribution is 2.41. The summed E-state index contributed by atoms with van der Waals surface area (Å²) < 4.78 is 11.8. The molecule has 1 heterocycles. The van der Waals surface area contributed by atoms with Gasteiger partial charge >= 0.3 is 5.97 Å². The van der Waals surface area contributed by atoms with Gasteiger partial charge in [0.15, 0.2) is 6.23 Å². The van der Waals surface area contributed by atoms with Crippen molar-refractivity contribution in [2.24, 2.45) is 16.7 Å². The number of amides is 2. The van der Waals surface area contributed by atoms with Crippen LogP contribution in [0.15, 0.2) is 0 Å². The lowest BCUT2D eigenvalue weighted by Crippen LogP contribution is -2.61. The van der Waals surface area contributed by atoms with Crippen LogP contribution in [0.25, 0.3) is 0 Å². The highest BCUT2D eigenvalue weighted by atomic mass is 16.6. The van der Waals surface area contributed by atoms with Gasteiger partial charge in [-0.1, -0.05) is 13.8 Å². The highest BCUT2D eigenvalue weighted by molar-refractivity contribution is 5.84. The van der Waals surface area contributed by atoms with Crippen molar-refractivity contribution >= 4 is 18.3 Å². The van der Waals surface area contributed by atoms with Gasteiger partial charge in [0, 0.05) is 12.1 Å². The van der Waals surface area contributed by atoms with Gasteiger partial charge in [-0.2, -0.15) is 0 Å². The number of nitrogens with one attached hydrogen (secondary N) is 1. The fourth-order valence-electron chi connectivity index (χ4n) is 4.51. The number of rotatable bonds is 6. The summed E-state index contributed by atoms with van der Waals surface area (Å²) in [6, 6.07) is -0.665. The third kappa shape index (κ3) is 7.19. The Kier molecular flexibility index (Phi) is 8.41. The molecule has 2 rings (SSSR count). The van der Waals surface area contributed by atoms with Crippen molar-refractivity contribution in [1.82, 2.24) is 10.2 Å². The molecular formula is C25H44N2O5. The fourth-order valence-corrected chi connectivity index (χ4v) is 4.51. The molecule has 0 aromatic heterocycles. The van der Waals surface area contributed by atoms with E-state index in [1.54, 1.807) is 20.8 Å². The zero-order valence-corrected chi connectivity index (χ0v) is 21.3. The topological polar surface area (TPSA) is 84.9 Å². The van der Waals surface area contributed by atoms with Crippen LogP contribution < -0.4 is 5.32 Å². The van der Waals surface area contributed by atoms with E-state index in [0.717, 1.165) is 32.1 Å². The quantitative estimate of drug-likeness (QED) is 0.486. The van der Waals surface area contributed by atoms with Crippen LogP contribution in [0.5, 0.6) is 0 Å². The van der Waals surface area contributed by atoms with Gasteiger partial charge in [-0.15, -0.1) is 0 Å². The van der Waals surface area contributed by atoms with E-state index >= 15 is 0 Å². The molecule has 2 amide bonds. The normalized spacial score (nSPS) is 25.5. The molecule has 2 aliphatic rings. The Morgan fingerprint density at radius 1 is 1.09 bits per heavy atom. The Morgan fingerprint density at radius 2 is 1.69 bits per heavy atom. The maximum Gasteiger partial charge on any atom is 0.311 e. The lowest BCUT2D eigenvalue weighted by molar-refractivity contribution is -0.200. The van der Waals surface area contributed by atoms with Crippen molar-refractivity contribution in [2.45, 2.75) is 118 Å². The average Bonchev–Trinajstić information content (AvgIpc) is 2.65. The third-order valence-corrected chi connectivity index (χ3v) is 6.44. The minimum atomic E-state index is -0.766. The summed E-state index contributed by atoms with van der Waals surface area (Å²) in [4.78, 5) is 40.0.